The molecule has 0 aliphatic carbocycles. The molecule has 11 heteroatoms. The molecular formula is C32H43N7O3Si. The Hall–Kier alpha value is -3.38. The van der Waals surface area contributed by atoms with E-state index < -0.39 is 8.07 Å². The van der Waals surface area contributed by atoms with Gasteiger partial charge in [-0.2, -0.15) is 5.10 Å². The first-order chi connectivity index (χ1) is 20.7. The van der Waals surface area contributed by atoms with Crippen LogP contribution in [0, 0.1) is 0 Å². The Balaban J connectivity index is 1.17. The number of rotatable bonds is 10. The Morgan fingerprint density at radius 2 is 1.95 bits per heavy atom. The van der Waals surface area contributed by atoms with Crippen LogP contribution in [0.2, 0.25) is 25.7 Å². The quantitative estimate of drug-likeness (QED) is 0.168. The highest BCUT2D eigenvalue weighted by molar-refractivity contribution is 6.76. The third-order valence-corrected chi connectivity index (χ3v) is 10.2. The van der Waals surface area contributed by atoms with E-state index in [0.717, 1.165) is 73.5 Å². The van der Waals surface area contributed by atoms with Crippen molar-refractivity contribution in [3.8, 4) is 11.1 Å². The Bertz CT molecular complexity index is 1550. The number of ether oxygens (including phenoxy) is 2. The number of hydrogen-bond acceptors (Lipinski definition) is 7. The van der Waals surface area contributed by atoms with Crippen molar-refractivity contribution in [3.63, 3.8) is 0 Å². The second-order valence-corrected chi connectivity index (χ2v) is 18.7. The van der Waals surface area contributed by atoms with Gasteiger partial charge in [-0.05, 0) is 63.9 Å². The zero-order chi connectivity index (χ0) is 30.0. The molecule has 2 aliphatic rings. The minimum atomic E-state index is -1.19. The van der Waals surface area contributed by atoms with Gasteiger partial charge in [0.25, 0.3) is 5.91 Å². The molecule has 1 unspecified atom stereocenters. The van der Waals surface area contributed by atoms with Crippen molar-refractivity contribution in [3.05, 3.63) is 60.4 Å². The van der Waals surface area contributed by atoms with Gasteiger partial charge in [0.2, 0.25) is 0 Å². The van der Waals surface area contributed by atoms with Crippen molar-refractivity contribution in [1.82, 2.24) is 29.2 Å². The summed E-state index contributed by atoms with van der Waals surface area (Å²) in [6, 6.07) is 9.28. The van der Waals surface area contributed by atoms with Crippen molar-refractivity contribution in [2.45, 2.75) is 76.8 Å². The van der Waals surface area contributed by atoms with E-state index in [2.05, 4.69) is 62.6 Å². The SMILES string of the molecule is CN1CCC[C@H]1c1cc2cnc(NC(=O)c3ccc(-c4cnn(C5CCCCO5)c4)cn3)cc2n1COCC[Si](C)(C)C. The number of nitrogens with one attached hydrogen (secondary N) is 1. The molecule has 6 heterocycles. The highest BCUT2D eigenvalue weighted by atomic mass is 28.3. The average molecular weight is 602 g/mol. The lowest BCUT2D eigenvalue weighted by Crippen LogP contribution is -2.23. The second-order valence-electron chi connectivity index (χ2n) is 13.0. The lowest BCUT2D eigenvalue weighted by Gasteiger charge is -2.22. The maximum atomic E-state index is 13.2. The number of carbonyl (C=O) groups is 1. The van der Waals surface area contributed by atoms with Gasteiger partial charge < -0.3 is 19.4 Å². The number of likely N-dealkylation sites (tertiary alicyclic amines) is 1. The molecule has 2 atom stereocenters. The van der Waals surface area contributed by atoms with Crippen molar-refractivity contribution in [2.75, 3.05) is 32.1 Å². The summed E-state index contributed by atoms with van der Waals surface area (Å²) in [6.07, 6.45) is 12.8. The van der Waals surface area contributed by atoms with Gasteiger partial charge >= 0.3 is 0 Å². The van der Waals surface area contributed by atoms with E-state index in [1.54, 1.807) is 12.3 Å². The molecule has 4 aromatic rings. The third kappa shape index (κ3) is 6.90. The fraction of sp³-hybridized carbons (Fsp3) is 0.500. The lowest BCUT2D eigenvalue weighted by atomic mass is 10.1. The van der Waals surface area contributed by atoms with Gasteiger partial charge in [-0.1, -0.05) is 25.7 Å². The standard InChI is InChI=1S/C32H43N7O3Si/c1-37-12-7-8-27(37)29-16-24-19-34-30(17-28(24)38(29)22-41-14-15-43(2,3)4)36-32(40)26-11-10-23(18-33-26)25-20-35-39(21-25)31-9-5-6-13-42-31/h10-11,16-21,27,31H,5-9,12-15,22H2,1-4H3,(H,34,36,40)/t27-,31?/m0/s1. The maximum Gasteiger partial charge on any atom is 0.275 e. The zero-order valence-electron chi connectivity index (χ0n) is 25.8. The smallest absolute Gasteiger partial charge is 0.275 e. The minimum absolute atomic E-state index is 0.0154. The summed E-state index contributed by atoms with van der Waals surface area (Å²) in [5.41, 5.74) is 4.42. The highest BCUT2D eigenvalue weighted by Gasteiger charge is 2.27. The van der Waals surface area contributed by atoms with E-state index in [0.29, 0.717) is 24.3 Å². The van der Waals surface area contributed by atoms with Crippen LogP contribution < -0.4 is 5.32 Å². The number of nitrogens with zero attached hydrogens (tertiary/aromatic N) is 6. The number of fused-ring (bicyclic) bond motifs is 1. The van der Waals surface area contributed by atoms with Crippen LogP contribution in [0.3, 0.4) is 0 Å². The van der Waals surface area contributed by atoms with Crippen LogP contribution in [-0.2, 0) is 16.2 Å². The lowest BCUT2D eigenvalue weighted by molar-refractivity contribution is -0.0394. The molecule has 228 valence electrons. The Kier molecular flexibility index (Phi) is 8.76. The molecule has 0 aromatic carbocycles. The Morgan fingerprint density at radius 3 is 2.67 bits per heavy atom. The first-order valence-electron chi connectivity index (χ1n) is 15.5. The molecule has 2 saturated heterocycles. The van der Waals surface area contributed by atoms with Crippen LogP contribution in [0.25, 0.3) is 22.0 Å². The first kappa shape index (κ1) is 29.7. The van der Waals surface area contributed by atoms with Gasteiger partial charge in [0, 0.05) is 74.2 Å². The zero-order valence-corrected chi connectivity index (χ0v) is 26.8. The molecule has 2 fully saturated rings. The number of amides is 1. The van der Waals surface area contributed by atoms with Gasteiger partial charge in [-0.3, -0.25) is 14.7 Å². The Morgan fingerprint density at radius 1 is 1.07 bits per heavy atom. The average Bonchev–Trinajstić information content (AvgIpc) is 3.74. The topological polar surface area (TPSA) is 99.3 Å². The predicted molar refractivity (Wildman–Crippen MR) is 171 cm³/mol. The van der Waals surface area contributed by atoms with Crippen LogP contribution in [0.1, 0.15) is 60.6 Å². The summed E-state index contributed by atoms with van der Waals surface area (Å²) < 4.78 is 16.2. The number of carbonyl (C=O) groups excluding carboxylic acids is 1. The number of hydrogen-bond donors (Lipinski definition) is 1. The predicted octanol–water partition coefficient (Wildman–Crippen LogP) is 6.33. The van der Waals surface area contributed by atoms with E-state index in [-0.39, 0.29) is 12.1 Å². The van der Waals surface area contributed by atoms with Gasteiger partial charge in [0.1, 0.15) is 24.5 Å². The highest BCUT2D eigenvalue weighted by Crippen LogP contribution is 2.35. The monoisotopic (exact) mass is 601 g/mol. The fourth-order valence-corrected chi connectivity index (χ4v) is 6.70. The van der Waals surface area contributed by atoms with Crippen molar-refractivity contribution < 1.29 is 14.3 Å². The summed E-state index contributed by atoms with van der Waals surface area (Å²) in [4.78, 5) is 24.6. The normalized spacial score (nSPS) is 19.7. The van der Waals surface area contributed by atoms with E-state index in [4.69, 9.17) is 9.47 Å². The summed E-state index contributed by atoms with van der Waals surface area (Å²) >= 11 is 0. The molecule has 1 amide bonds. The van der Waals surface area contributed by atoms with Crippen molar-refractivity contribution >= 4 is 30.7 Å². The van der Waals surface area contributed by atoms with Crippen LogP contribution in [0.4, 0.5) is 5.82 Å². The Labute approximate surface area is 254 Å². The molecule has 0 radical (unpaired) electrons. The van der Waals surface area contributed by atoms with Crippen LogP contribution in [-0.4, -0.2) is 70.0 Å². The fourth-order valence-electron chi connectivity index (χ4n) is 5.94. The largest absolute Gasteiger partial charge is 0.361 e. The summed E-state index contributed by atoms with van der Waals surface area (Å²) in [5, 5.41) is 8.49. The maximum absolute atomic E-state index is 13.2. The van der Waals surface area contributed by atoms with Crippen molar-refractivity contribution in [2.24, 2.45) is 0 Å². The van der Waals surface area contributed by atoms with Crippen molar-refractivity contribution in [1.29, 1.82) is 0 Å². The number of pyridine rings is 2. The second kappa shape index (κ2) is 12.7. The molecule has 2 aliphatic heterocycles. The molecule has 1 N–H and O–H groups in total. The van der Waals surface area contributed by atoms with Gasteiger partial charge in [0.05, 0.1) is 11.7 Å². The molecule has 0 spiro atoms. The van der Waals surface area contributed by atoms with E-state index >= 15 is 0 Å². The van der Waals surface area contributed by atoms with Crippen LogP contribution in [0.15, 0.2) is 49.1 Å². The summed E-state index contributed by atoms with van der Waals surface area (Å²) in [6.45, 7) is 10.2. The molecule has 10 nitrogen and oxygen atoms in total. The van der Waals surface area contributed by atoms with Gasteiger partial charge in [0.15, 0.2) is 0 Å². The summed E-state index contributed by atoms with van der Waals surface area (Å²) in [7, 11) is 0.998. The summed E-state index contributed by atoms with van der Waals surface area (Å²) in [5.74, 6) is 0.190. The number of aromatic nitrogens is 5. The van der Waals surface area contributed by atoms with E-state index in [9.17, 15) is 4.79 Å². The van der Waals surface area contributed by atoms with Gasteiger partial charge in [-0.25, -0.2) is 9.67 Å². The molecule has 0 saturated carbocycles. The molecule has 43 heavy (non-hydrogen) atoms. The van der Waals surface area contributed by atoms with Crippen LogP contribution in [0.5, 0.6) is 0 Å². The third-order valence-electron chi connectivity index (χ3n) is 8.52. The molecule has 6 rings (SSSR count). The van der Waals surface area contributed by atoms with Crippen LogP contribution >= 0.6 is 0 Å². The molecule has 4 aromatic heterocycles. The first-order valence-corrected chi connectivity index (χ1v) is 19.2. The van der Waals surface area contributed by atoms with E-state index in [1.807, 2.05) is 35.4 Å². The van der Waals surface area contributed by atoms with Gasteiger partial charge in [-0.15, -0.1) is 0 Å². The van der Waals surface area contributed by atoms with E-state index in [1.165, 1.54) is 12.1 Å². The number of anilines is 1. The molecular weight excluding hydrogens is 558 g/mol. The molecule has 0 bridgehead atoms. The minimum Gasteiger partial charge on any atom is -0.361 e.